The van der Waals surface area contributed by atoms with Gasteiger partial charge in [-0.15, -0.1) is 0 Å². The summed E-state index contributed by atoms with van der Waals surface area (Å²) >= 11 is 0. The molecule has 17 nitrogen and oxygen atoms in total. The Morgan fingerprint density at radius 3 is 2.36 bits per heavy atom. The topological polar surface area (TPSA) is 193 Å². The molecule has 20 heteroatoms. The first-order valence-corrected chi connectivity index (χ1v) is 24.3. The first kappa shape index (κ1) is 50.7. The van der Waals surface area contributed by atoms with Gasteiger partial charge in [0.1, 0.15) is 22.9 Å². The van der Waals surface area contributed by atoms with Gasteiger partial charge in [0.15, 0.2) is 17.6 Å². The van der Waals surface area contributed by atoms with E-state index in [0.29, 0.717) is 82.3 Å². The van der Waals surface area contributed by atoms with E-state index in [1.807, 2.05) is 28.3 Å². The van der Waals surface area contributed by atoms with Crippen molar-refractivity contribution in [3.63, 3.8) is 0 Å². The monoisotopic (exact) mass is 1020 g/mol. The van der Waals surface area contributed by atoms with Gasteiger partial charge in [0.25, 0.3) is 5.91 Å². The van der Waals surface area contributed by atoms with Crippen LogP contribution in [0.1, 0.15) is 122 Å². The van der Waals surface area contributed by atoms with Crippen LogP contribution in [0.5, 0.6) is 0 Å². The summed E-state index contributed by atoms with van der Waals surface area (Å²) in [5.74, 6) is 0.626. The SMILES string of the molecule is CC(=O)[O-].Cc1cc(-n2nc3c(c2N2C=CN(c4ccc5c(cnn5C5CC5)c4F)C2=C=O)[C@H](C)N(C(=O)c2cc4cc([C@H]5CCOC(C)(C)C5)ccc4n2[C@@]2(c4ncon4)C[C@@H]2CO)CC3)cc(C)c1F.[K+]. The zero-order valence-corrected chi connectivity index (χ0v) is 44.8. The molecular formula is C53H53F2KN10O7. The third kappa shape index (κ3) is 8.58. The maximum atomic E-state index is 16.6. The molecule has 7 heterocycles. The number of carbonyl (C=O) groups excluding carboxylic acids is 3. The molecule has 0 unspecified atom stereocenters. The Morgan fingerprint density at radius 1 is 0.973 bits per heavy atom. The number of ether oxygens (including phenoxy) is 1. The summed E-state index contributed by atoms with van der Waals surface area (Å²) in [5, 5.41) is 34.7. The van der Waals surface area contributed by atoms with Crippen molar-refractivity contribution in [3.05, 3.63) is 130 Å². The number of anilines is 2. The molecule has 1 N–H and O–H groups in total. The van der Waals surface area contributed by atoms with Crippen LogP contribution in [0.25, 0.3) is 27.5 Å². The molecule has 0 bridgehead atoms. The number of carboxylic acid groups (broad SMARTS) is 1. The van der Waals surface area contributed by atoms with Crippen molar-refractivity contribution in [3.8, 4) is 5.69 Å². The molecule has 1 amide bonds. The minimum atomic E-state index is -1.08. The van der Waals surface area contributed by atoms with Crippen molar-refractivity contribution < 1.29 is 94.0 Å². The van der Waals surface area contributed by atoms with Crippen LogP contribution in [0.3, 0.4) is 0 Å². The molecule has 4 atom stereocenters. The fraction of sp³-hybridized carbons (Fsp3) is 0.396. The summed E-state index contributed by atoms with van der Waals surface area (Å²) in [6.07, 6.45) is 10.6. The van der Waals surface area contributed by atoms with E-state index in [9.17, 15) is 9.90 Å². The van der Waals surface area contributed by atoms with Crippen molar-refractivity contribution >= 4 is 51.1 Å². The molecule has 7 aromatic rings. The summed E-state index contributed by atoms with van der Waals surface area (Å²) in [5.41, 5.74) is 4.66. The predicted molar refractivity (Wildman–Crippen MR) is 259 cm³/mol. The van der Waals surface area contributed by atoms with Gasteiger partial charge in [-0.1, -0.05) is 11.2 Å². The number of halogens is 2. The number of amides is 1. The van der Waals surface area contributed by atoms with Crippen molar-refractivity contribution in [1.29, 1.82) is 0 Å². The number of fused-ring (bicyclic) bond motifs is 3. The molecule has 5 aliphatic rings. The van der Waals surface area contributed by atoms with Crippen LogP contribution in [0.2, 0.25) is 0 Å². The molecule has 2 aliphatic carbocycles. The van der Waals surface area contributed by atoms with Crippen molar-refractivity contribution in [2.45, 2.75) is 109 Å². The number of aromatic nitrogens is 7. The van der Waals surface area contributed by atoms with Gasteiger partial charge in [0.2, 0.25) is 12.2 Å². The molecule has 3 aliphatic heterocycles. The number of hydrogen-bond donors (Lipinski definition) is 1. The average molecular weight is 1020 g/mol. The molecule has 2 saturated carbocycles. The van der Waals surface area contributed by atoms with Crippen molar-refractivity contribution in [2.75, 3.05) is 29.6 Å². The molecule has 3 aromatic carbocycles. The first-order chi connectivity index (χ1) is 34.5. The van der Waals surface area contributed by atoms with Crippen LogP contribution in [0.4, 0.5) is 20.3 Å². The average Bonchev–Trinajstić information content (AvgIpc) is 3.86. The molecule has 3 fully saturated rings. The zero-order chi connectivity index (χ0) is 50.5. The van der Waals surface area contributed by atoms with Gasteiger partial charge >= 0.3 is 51.4 Å². The smallest absolute Gasteiger partial charge is 0.550 e. The summed E-state index contributed by atoms with van der Waals surface area (Å²) < 4.78 is 48.7. The Labute approximate surface area is 461 Å². The van der Waals surface area contributed by atoms with Gasteiger partial charge in [-0.3, -0.25) is 19.3 Å². The number of aryl methyl sites for hydroxylation is 2. The fourth-order valence-electron chi connectivity index (χ4n) is 11.4. The predicted octanol–water partition coefficient (Wildman–Crippen LogP) is 4.21. The summed E-state index contributed by atoms with van der Waals surface area (Å²) in [6.45, 7) is 11.3. The van der Waals surface area contributed by atoms with E-state index in [-0.39, 0.29) is 105 Å². The van der Waals surface area contributed by atoms with Crippen LogP contribution in [0.15, 0.2) is 83.9 Å². The molecule has 12 rings (SSSR count). The number of rotatable bonds is 9. The second kappa shape index (κ2) is 19.1. The molecule has 372 valence electrons. The second-order valence-corrected chi connectivity index (χ2v) is 20.3. The molecule has 0 radical (unpaired) electrons. The Morgan fingerprint density at radius 2 is 1.70 bits per heavy atom. The fourth-order valence-corrected chi connectivity index (χ4v) is 11.4. The van der Waals surface area contributed by atoms with E-state index in [2.05, 4.69) is 53.2 Å². The maximum absolute atomic E-state index is 16.6. The zero-order valence-electron chi connectivity index (χ0n) is 41.7. The van der Waals surface area contributed by atoms with Gasteiger partial charge in [0, 0.05) is 66.9 Å². The number of carboxylic acids is 1. The number of benzene rings is 3. The standard InChI is InChI=1S/C51H50F2N10O5.C2H4O2.K/c1-28-18-36(19-29(2)45(28)52)63-47(60-16-15-59(43(60)26-65)41-11-10-40-37(46(41)53)24-55-62(40)35-7-8-35)44-30(3)58(14-12-38(44)56-63)48(66)42-21-33-20-31(32-13-17-67-50(4,5)22-32)6-9-39(33)61(42)51(23-34(51)25-64)49-54-27-68-57-49;1-2(3)4;/h6,9-11,15-16,18-21,24,27,30,32,34-35,64H,7-8,12-14,17,22-23,25H2,1-5H3;1H3,(H,3,4);/q;;+1/p-1/t30-,32-,34+,51-;;/m0../s1. The first-order valence-electron chi connectivity index (χ1n) is 24.3. The number of hydrogen-bond acceptors (Lipinski definition) is 13. The largest absolute Gasteiger partial charge is 1.00 e. The van der Waals surface area contributed by atoms with Gasteiger partial charge in [0.05, 0.1) is 51.9 Å². The summed E-state index contributed by atoms with van der Waals surface area (Å²) in [7, 11) is 0. The molecule has 73 heavy (non-hydrogen) atoms. The Balaban J connectivity index is 0.00000118. The van der Waals surface area contributed by atoms with E-state index in [0.717, 1.165) is 49.1 Å². The Bertz CT molecular complexity index is 3400. The third-order valence-corrected chi connectivity index (χ3v) is 15.0. The minimum absolute atomic E-state index is 0. The number of nitrogens with zero attached hydrogens (tertiary/aromatic N) is 10. The Hall–Kier alpha value is -5.83. The molecular weight excluding hydrogens is 966 g/mol. The van der Waals surface area contributed by atoms with Gasteiger partial charge < -0.3 is 33.7 Å². The maximum Gasteiger partial charge on any atom is 1.00 e. The van der Waals surface area contributed by atoms with Crippen molar-refractivity contribution in [1.82, 2.24) is 39.2 Å². The van der Waals surface area contributed by atoms with Crippen LogP contribution in [-0.4, -0.2) is 87.5 Å². The van der Waals surface area contributed by atoms with Crippen LogP contribution < -0.4 is 66.3 Å². The van der Waals surface area contributed by atoms with Crippen LogP contribution in [-0.2, 0) is 26.3 Å². The minimum Gasteiger partial charge on any atom is -0.550 e. The van der Waals surface area contributed by atoms with E-state index in [1.54, 1.807) is 58.9 Å². The van der Waals surface area contributed by atoms with Crippen molar-refractivity contribution in [2.24, 2.45) is 5.92 Å². The summed E-state index contributed by atoms with van der Waals surface area (Å²) in [4.78, 5) is 47.2. The second-order valence-electron chi connectivity index (χ2n) is 20.3. The number of carbonyl (C=O) groups is 2. The number of aliphatic carboxylic acids is 1. The van der Waals surface area contributed by atoms with E-state index in [4.69, 9.17) is 24.3 Å². The van der Waals surface area contributed by atoms with Gasteiger partial charge in [-0.25, -0.2) is 18.3 Å². The number of aliphatic hydroxyl groups excluding tert-OH is 1. The Kier molecular flexibility index (Phi) is 13.3. The number of aliphatic hydroxyl groups is 1. The quantitative estimate of drug-likeness (QED) is 0.160. The van der Waals surface area contributed by atoms with E-state index in [1.165, 1.54) is 17.5 Å². The molecule has 4 aromatic heterocycles. The summed E-state index contributed by atoms with van der Waals surface area (Å²) in [6, 6.07) is 14.8. The molecule has 0 spiro atoms. The van der Waals surface area contributed by atoms with Gasteiger partial charge in [-0.2, -0.15) is 15.2 Å². The van der Waals surface area contributed by atoms with Crippen LogP contribution >= 0.6 is 0 Å². The third-order valence-electron chi connectivity index (χ3n) is 15.0. The molecule has 1 saturated heterocycles. The normalized spacial score (nSPS) is 22.0. The van der Waals surface area contributed by atoms with E-state index >= 15 is 13.6 Å². The van der Waals surface area contributed by atoms with Gasteiger partial charge in [-0.05, 0) is 139 Å². The van der Waals surface area contributed by atoms with Crippen LogP contribution in [0, 0.1) is 31.4 Å². The van der Waals surface area contributed by atoms with E-state index < -0.39 is 23.4 Å².